The highest BCUT2D eigenvalue weighted by Crippen LogP contribution is 2.51. The second kappa shape index (κ2) is 14.3. The Labute approximate surface area is 165 Å². The molecule has 0 heterocycles. The maximum Gasteiger partial charge on any atom is 0.293 e. The molecule has 0 fully saturated rings. The average Bonchev–Trinajstić information content (AvgIpc) is 2.68. The third-order valence-electron chi connectivity index (χ3n) is 5.52. The normalized spacial score (nSPS) is 13.1. The highest BCUT2D eigenvalue weighted by Gasteiger charge is 2.68. The number of carbonyl (C=O) groups excluding carboxylic acids is 1. The lowest BCUT2D eigenvalue weighted by Crippen LogP contribution is -2.57. The number of aldehydes is 1. The summed E-state index contributed by atoms with van der Waals surface area (Å²) in [6, 6.07) is 0. The molecular formula is C21H36F6O. The van der Waals surface area contributed by atoms with Gasteiger partial charge >= 0.3 is 0 Å². The summed E-state index contributed by atoms with van der Waals surface area (Å²) in [5.74, 6) is -9.19. The number of rotatable bonds is 19. The van der Waals surface area contributed by atoms with Gasteiger partial charge in [0.15, 0.2) is 18.8 Å². The average molecular weight is 419 g/mol. The maximum absolute atomic E-state index is 13.7. The smallest absolute Gasteiger partial charge is 0.293 e. The summed E-state index contributed by atoms with van der Waals surface area (Å²) >= 11 is 0. The molecule has 1 nitrogen and oxygen atoms in total. The largest absolute Gasteiger partial charge is 0.302 e. The molecule has 0 aliphatic carbocycles. The minimum absolute atomic E-state index is 0.0959. The van der Waals surface area contributed by atoms with Gasteiger partial charge in [-0.25, -0.2) is 26.3 Å². The highest BCUT2D eigenvalue weighted by atomic mass is 19.3. The summed E-state index contributed by atoms with van der Waals surface area (Å²) < 4.78 is 80.2. The zero-order chi connectivity index (χ0) is 21.5. The van der Waals surface area contributed by atoms with Crippen LogP contribution >= 0.6 is 0 Å². The van der Waals surface area contributed by atoms with Crippen molar-refractivity contribution in [3.8, 4) is 0 Å². The Kier molecular flexibility index (Phi) is 13.9. The molecule has 0 atom stereocenters. The van der Waals surface area contributed by atoms with Crippen molar-refractivity contribution < 1.29 is 31.1 Å². The van der Waals surface area contributed by atoms with E-state index in [0.717, 1.165) is 25.7 Å². The maximum atomic E-state index is 13.7. The van der Waals surface area contributed by atoms with E-state index in [1.54, 1.807) is 0 Å². The van der Waals surface area contributed by atoms with E-state index in [4.69, 9.17) is 0 Å². The fourth-order valence-electron chi connectivity index (χ4n) is 3.52. The zero-order valence-corrected chi connectivity index (χ0v) is 17.1. The lowest BCUT2D eigenvalue weighted by molar-refractivity contribution is -0.237. The fourth-order valence-corrected chi connectivity index (χ4v) is 3.52. The van der Waals surface area contributed by atoms with Gasteiger partial charge in [-0.05, 0) is 6.42 Å². The van der Waals surface area contributed by atoms with E-state index in [2.05, 4.69) is 6.92 Å². The summed E-state index contributed by atoms with van der Waals surface area (Å²) in [4.78, 5) is 11.1. The van der Waals surface area contributed by atoms with Gasteiger partial charge in [-0.1, -0.05) is 90.4 Å². The Bertz CT molecular complexity index is 384. The molecule has 0 aromatic rings. The van der Waals surface area contributed by atoms with Gasteiger partial charge in [0.25, 0.3) is 11.8 Å². The van der Waals surface area contributed by atoms with E-state index in [1.165, 1.54) is 38.5 Å². The lowest BCUT2D eigenvalue weighted by Gasteiger charge is -2.39. The third-order valence-corrected chi connectivity index (χ3v) is 5.52. The number of halogens is 6. The minimum Gasteiger partial charge on any atom is -0.302 e. The third kappa shape index (κ3) is 8.32. The van der Waals surface area contributed by atoms with Gasteiger partial charge in [-0.15, -0.1) is 0 Å². The van der Waals surface area contributed by atoms with Crippen LogP contribution in [0.5, 0.6) is 0 Å². The number of carbonyl (C=O) groups is 1. The quantitative estimate of drug-likeness (QED) is 0.118. The molecule has 0 radical (unpaired) electrons. The Hall–Kier alpha value is -0.750. The molecule has 0 unspecified atom stereocenters. The van der Waals surface area contributed by atoms with Crippen LogP contribution < -0.4 is 0 Å². The van der Waals surface area contributed by atoms with Gasteiger partial charge in [0.2, 0.25) is 0 Å². The molecule has 0 rings (SSSR count). The molecule has 168 valence electrons. The first-order chi connectivity index (χ1) is 13.2. The van der Waals surface area contributed by atoms with Crippen LogP contribution in [0.2, 0.25) is 0 Å². The molecule has 28 heavy (non-hydrogen) atoms. The van der Waals surface area contributed by atoms with Gasteiger partial charge in [0, 0.05) is 0 Å². The number of alkyl halides is 6. The van der Waals surface area contributed by atoms with Crippen molar-refractivity contribution in [3.05, 3.63) is 0 Å². The van der Waals surface area contributed by atoms with E-state index in [0.29, 0.717) is 12.8 Å². The standard InChI is InChI=1S/C21H36F6O/c1-2-3-4-5-6-7-8-9-10-11-12-13-14-15-19(18-28,20(24,25)16-22)21(26,27)17-23/h18H,2-17H2,1H3. The molecule has 0 saturated carbocycles. The summed E-state index contributed by atoms with van der Waals surface area (Å²) in [5.41, 5.74) is -3.62. The monoisotopic (exact) mass is 418 g/mol. The van der Waals surface area contributed by atoms with Crippen molar-refractivity contribution in [3.63, 3.8) is 0 Å². The first-order valence-corrected chi connectivity index (χ1v) is 10.6. The molecule has 0 aliphatic heterocycles. The summed E-state index contributed by atoms with van der Waals surface area (Å²) in [6.45, 7) is -2.66. The lowest BCUT2D eigenvalue weighted by atomic mass is 9.73. The summed E-state index contributed by atoms with van der Waals surface area (Å²) in [6.07, 6.45) is 10.9. The van der Waals surface area contributed by atoms with Crippen molar-refractivity contribution in [1.29, 1.82) is 0 Å². The molecule has 0 saturated heterocycles. The first kappa shape index (κ1) is 27.2. The molecule has 0 aromatic heterocycles. The van der Waals surface area contributed by atoms with Gasteiger partial charge in [-0.3, -0.25) is 0 Å². The molecular weight excluding hydrogens is 382 g/mol. The van der Waals surface area contributed by atoms with E-state index < -0.39 is 43.3 Å². The summed E-state index contributed by atoms with van der Waals surface area (Å²) in [5, 5.41) is 0. The molecule has 7 heteroatoms. The predicted molar refractivity (Wildman–Crippen MR) is 101 cm³/mol. The van der Waals surface area contributed by atoms with Crippen LogP contribution in [0.1, 0.15) is 96.8 Å². The predicted octanol–water partition coefficient (Wildman–Crippen LogP) is 7.86. The van der Waals surface area contributed by atoms with E-state index in [-0.39, 0.29) is 6.42 Å². The topological polar surface area (TPSA) is 17.1 Å². The number of hydrogen-bond donors (Lipinski definition) is 0. The Morgan fingerprint density at radius 3 is 1.21 bits per heavy atom. The van der Waals surface area contributed by atoms with Gasteiger partial charge < -0.3 is 4.79 Å². The van der Waals surface area contributed by atoms with Crippen molar-refractivity contribution in [2.45, 2.75) is 109 Å². The fraction of sp³-hybridized carbons (Fsp3) is 0.952. The van der Waals surface area contributed by atoms with Crippen molar-refractivity contribution in [2.75, 3.05) is 13.3 Å². The van der Waals surface area contributed by atoms with Crippen molar-refractivity contribution in [1.82, 2.24) is 0 Å². The van der Waals surface area contributed by atoms with Crippen LogP contribution in [0.15, 0.2) is 0 Å². The second-order valence-electron chi connectivity index (χ2n) is 7.76. The molecule has 0 spiro atoms. The first-order valence-electron chi connectivity index (χ1n) is 10.6. The summed E-state index contributed by atoms with van der Waals surface area (Å²) in [7, 11) is 0. The Morgan fingerprint density at radius 1 is 0.607 bits per heavy atom. The van der Waals surface area contributed by atoms with Crippen LogP contribution in [0.3, 0.4) is 0 Å². The van der Waals surface area contributed by atoms with Gasteiger partial charge in [-0.2, -0.15) is 0 Å². The molecule has 0 N–H and O–H groups in total. The van der Waals surface area contributed by atoms with Crippen molar-refractivity contribution in [2.24, 2.45) is 5.41 Å². The molecule has 0 aromatic carbocycles. The van der Waals surface area contributed by atoms with E-state index in [9.17, 15) is 31.1 Å². The highest BCUT2D eigenvalue weighted by molar-refractivity contribution is 5.63. The molecule has 0 bridgehead atoms. The van der Waals surface area contributed by atoms with Gasteiger partial charge in [0.05, 0.1) is 0 Å². The van der Waals surface area contributed by atoms with E-state index in [1.807, 2.05) is 0 Å². The molecule has 0 aliphatic rings. The van der Waals surface area contributed by atoms with Crippen LogP contribution in [-0.4, -0.2) is 31.5 Å². The number of unbranched alkanes of at least 4 members (excludes halogenated alkanes) is 12. The van der Waals surface area contributed by atoms with Crippen LogP contribution in [-0.2, 0) is 4.79 Å². The van der Waals surface area contributed by atoms with Crippen LogP contribution in [0.25, 0.3) is 0 Å². The second-order valence-corrected chi connectivity index (χ2v) is 7.76. The SMILES string of the molecule is CCCCCCCCCCCCCCCC(C=O)(C(F)(F)CF)C(F)(F)CF. The van der Waals surface area contributed by atoms with E-state index >= 15 is 0 Å². The van der Waals surface area contributed by atoms with Crippen molar-refractivity contribution >= 4 is 6.29 Å². The minimum atomic E-state index is -4.60. The van der Waals surface area contributed by atoms with Crippen LogP contribution in [0, 0.1) is 5.41 Å². The van der Waals surface area contributed by atoms with Gasteiger partial charge in [0.1, 0.15) is 6.29 Å². The molecule has 0 amide bonds. The van der Waals surface area contributed by atoms with Crippen LogP contribution in [0.4, 0.5) is 26.3 Å². The zero-order valence-electron chi connectivity index (χ0n) is 17.1. The number of hydrogen-bond acceptors (Lipinski definition) is 1. The Balaban J connectivity index is 4.13. The Morgan fingerprint density at radius 2 is 0.929 bits per heavy atom.